The molecule has 1 aliphatic heterocycles. The summed E-state index contributed by atoms with van der Waals surface area (Å²) in [6.07, 6.45) is 0. The van der Waals surface area contributed by atoms with Gasteiger partial charge in [0.2, 0.25) is 0 Å². The number of rotatable bonds is 1. The van der Waals surface area contributed by atoms with E-state index in [-0.39, 0.29) is 28.2 Å². The third kappa shape index (κ3) is 1.63. The lowest BCUT2D eigenvalue weighted by molar-refractivity contribution is 0.0444. The molecule has 0 fully saturated rings. The Balaban J connectivity index is 2.31. The van der Waals surface area contributed by atoms with Crippen LogP contribution in [0.2, 0.25) is 0 Å². The predicted molar refractivity (Wildman–Crippen MR) is 65.0 cm³/mol. The maximum absolute atomic E-state index is 11.7. The quantitative estimate of drug-likeness (QED) is 0.463. The van der Waals surface area contributed by atoms with Crippen molar-refractivity contribution in [2.24, 2.45) is 0 Å². The lowest BCUT2D eigenvalue weighted by atomic mass is 9.96. The number of hydrogen-bond donors (Lipinski definition) is 2. The highest BCUT2D eigenvalue weighted by Gasteiger charge is 2.32. The average molecular weight is 256 g/mol. The molecule has 0 unspecified atom stereocenters. The molecule has 0 atom stereocenters. The first-order valence-electron chi connectivity index (χ1n) is 5.50. The van der Waals surface area contributed by atoms with Gasteiger partial charge in [-0.25, -0.2) is 9.59 Å². The second-order valence-electron chi connectivity index (χ2n) is 4.11. The van der Waals surface area contributed by atoms with Crippen molar-refractivity contribution in [3.8, 4) is 22.6 Å². The highest BCUT2D eigenvalue weighted by molar-refractivity contribution is 6.18. The number of hydrogen-bond acceptors (Lipinski definition) is 5. The molecule has 0 radical (unpaired) electrons. The van der Waals surface area contributed by atoms with Gasteiger partial charge < -0.3 is 14.9 Å². The number of fused-ring (bicyclic) bond motifs is 1. The normalized spacial score (nSPS) is 13.3. The van der Waals surface area contributed by atoms with E-state index in [4.69, 9.17) is 0 Å². The van der Waals surface area contributed by atoms with E-state index in [9.17, 15) is 19.8 Å². The molecule has 5 nitrogen and oxygen atoms in total. The third-order valence-corrected chi connectivity index (χ3v) is 2.94. The number of carbonyl (C=O) groups is 2. The van der Waals surface area contributed by atoms with Gasteiger partial charge in [0.15, 0.2) is 0 Å². The van der Waals surface area contributed by atoms with Crippen LogP contribution in [0.4, 0.5) is 0 Å². The van der Waals surface area contributed by atoms with Gasteiger partial charge in [-0.3, -0.25) is 0 Å². The summed E-state index contributed by atoms with van der Waals surface area (Å²) in [5, 5.41) is 19.3. The number of aromatic hydroxyl groups is 2. The number of ether oxygens (including phenoxy) is 1. The SMILES string of the molecule is O=C1OC(=O)c2c1cccc2-c1cc(O)ccc1O. The maximum Gasteiger partial charge on any atom is 0.347 e. The first-order valence-corrected chi connectivity index (χ1v) is 5.50. The zero-order valence-electron chi connectivity index (χ0n) is 9.58. The standard InChI is InChI=1S/C14H8O5/c15-7-4-5-11(16)10(6-7)8-2-1-3-9-12(8)14(18)19-13(9)17/h1-6,15-16H. The van der Waals surface area contributed by atoms with Crippen LogP contribution in [0.15, 0.2) is 36.4 Å². The fraction of sp³-hybridized carbons (Fsp3) is 0. The van der Waals surface area contributed by atoms with Crippen molar-refractivity contribution in [1.29, 1.82) is 0 Å². The summed E-state index contributed by atoms with van der Waals surface area (Å²) < 4.78 is 4.54. The van der Waals surface area contributed by atoms with E-state index in [0.29, 0.717) is 5.56 Å². The van der Waals surface area contributed by atoms with Gasteiger partial charge in [0.05, 0.1) is 11.1 Å². The zero-order valence-corrected chi connectivity index (χ0v) is 9.58. The Morgan fingerprint density at radius 2 is 1.58 bits per heavy atom. The summed E-state index contributed by atoms with van der Waals surface area (Å²) in [5.41, 5.74) is 0.879. The summed E-state index contributed by atoms with van der Waals surface area (Å²) in [6.45, 7) is 0. The molecular formula is C14H8O5. The third-order valence-electron chi connectivity index (χ3n) is 2.94. The molecule has 5 heteroatoms. The summed E-state index contributed by atoms with van der Waals surface area (Å²) in [5.74, 6) is -1.61. The molecule has 2 aromatic carbocycles. The molecule has 1 aliphatic rings. The van der Waals surface area contributed by atoms with Crippen molar-refractivity contribution in [3.63, 3.8) is 0 Å². The lowest BCUT2D eigenvalue weighted by Gasteiger charge is -2.07. The van der Waals surface area contributed by atoms with Gasteiger partial charge in [-0.15, -0.1) is 0 Å². The molecule has 19 heavy (non-hydrogen) atoms. The molecule has 0 aromatic heterocycles. The van der Waals surface area contributed by atoms with Crippen LogP contribution in [0, 0.1) is 0 Å². The molecule has 0 saturated heterocycles. The van der Waals surface area contributed by atoms with Crippen molar-refractivity contribution in [3.05, 3.63) is 47.5 Å². The summed E-state index contributed by atoms with van der Waals surface area (Å²) >= 11 is 0. The van der Waals surface area contributed by atoms with E-state index in [1.807, 2.05) is 0 Å². The molecular weight excluding hydrogens is 248 g/mol. The van der Waals surface area contributed by atoms with Gasteiger partial charge in [0.25, 0.3) is 0 Å². The molecule has 0 amide bonds. The van der Waals surface area contributed by atoms with Gasteiger partial charge in [0, 0.05) is 11.1 Å². The molecule has 1 heterocycles. The molecule has 0 bridgehead atoms. The van der Waals surface area contributed by atoms with E-state index in [1.54, 1.807) is 12.1 Å². The van der Waals surface area contributed by atoms with Crippen LogP contribution in [0.5, 0.6) is 11.5 Å². The number of carbonyl (C=O) groups excluding carboxylic acids is 2. The van der Waals surface area contributed by atoms with Crippen molar-refractivity contribution in [2.45, 2.75) is 0 Å². The Morgan fingerprint density at radius 3 is 2.37 bits per heavy atom. The van der Waals surface area contributed by atoms with Crippen LogP contribution in [0.1, 0.15) is 20.7 Å². The first kappa shape index (κ1) is 11.3. The molecule has 0 aliphatic carbocycles. The van der Waals surface area contributed by atoms with E-state index in [0.717, 1.165) is 0 Å². The minimum absolute atomic E-state index is 0.0527. The fourth-order valence-corrected chi connectivity index (χ4v) is 2.10. The topological polar surface area (TPSA) is 83.8 Å². The van der Waals surface area contributed by atoms with Gasteiger partial charge >= 0.3 is 11.9 Å². The smallest absolute Gasteiger partial charge is 0.347 e. The molecule has 0 spiro atoms. The van der Waals surface area contributed by atoms with E-state index < -0.39 is 11.9 Å². The van der Waals surface area contributed by atoms with E-state index >= 15 is 0 Å². The Bertz CT molecular complexity index is 718. The van der Waals surface area contributed by atoms with Crippen LogP contribution >= 0.6 is 0 Å². The van der Waals surface area contributed by atoms with E-state index in [1.165, 1.54) is 24.3 Å². The Morgan fingerprint density at radius 1 is 0.842 bits per heavy atom. The van der Waals surface area contributed by atoms with E-state index in [2.05, 4.69) is 4.74 Å². The number of benzene rings is 2. The van der Waals surface area contributed by atoms with Gasteiger partial charge in [-0.1, -0.05) is 12.1 Å². The first-order chi connectivity index (χ1) is 9.08. The molecule has 3 rings (SSSR count). The van der Waals surface area contributed by atoms with Gasteiger partial charge in [-0.2, -0.15) is 0 Å². The largest absolute Gasteiger partial charge is 0.508 e. The monoisotopic (exact) mass is 256 g/mol. The highest BCUT2D eigenvalue weighted by atomic mass is 16.6. The number of phenols is 2. The number of esters is 2. The van der Waals surface area contributed by atoms with Crippen molar-refractivity contribution < 1.29 is 24.5 Å². The minimum Gasteiger partial charge on any atom is -0.508 e. The van der Waals surface area contributed by atoms with Crippen LogP contribution in [-0.4, -0.2) is 22.2 Å². The summed E-state index contributed by atoms with van der Waals surface area (Å²) in [7, 11) is 0. The highest BCUT2D eigenvalue weighted by Crippen LogP contribution is 2.37. The van der Waals surface area contributed by atoms with Crippen molar-refractivity contribution in [1.82, 2.24) is 0 Å². The average Bonchev–Trinajstić information content (AvgIpc) is 2.68. The van der Waals surface area contributed by atoms with Crippen LogP contribution < -0.4 is 0 Å². The Labute approximate surface area is 107 Å². The van der Waals surface area contributed by atoms with Crippen molar-refractivity contribution in [2.75, 3.05) is 0 Å². The molecule has 2 N–H and O–H groups in total. The molecule has 2 aromatic rings. The van der Waals surface area contributed by atoms with Crippen LogP contribution in [0.3, 0.4) is 0 Å². The number of phenolic OH excluding ortho intramolecular Hbond substituents is 2. The second kappa shape index (κ2) is 3.84. The summed E-state index contributed by atoms with van der Waals surface area (Å²) in [6, 6.07) is 8.59. The Hall–Kier alpha value is -2.82. The zero-order chi connectivity index (χ0) is 13.6. The molecule has 0 saturated carbocycles. The van der Waals surface area contributed by atoms with Crippen LogP contribution in [-0.2, 0) is 4.74 Å². The second-order valence-corrected chi connectivity index (χ2v) is 4.11. The minimum atomic E-state index is -0.752. The van der Waals surface area contributed by atoms with Crippen LogP contribution in [0.25, 0.3) is 11.1 Å². The lowest BCUT2D eigenvalue weighted by Crippen LogP contribution is -1.98. The summed E-state index contributed by atoms with van der Waals surface area (Å²) in [4.78, 5) is 23.1. The van der Waals surface area contributed by atoms with Crippen molar-refractivity contribution >= 4 is 11.9 Å². The predicted octanol–water partition coefficient (Wildman–Crippen LogP) is 2.08. The van der Waals surface area contributed by atoms with Gasteiger partial charge in [0.1, 0.15) is 11.5 Å². The molecule has 94 valence electrons. The van der Waals surface area contributed by atoms with Gasteiger partial charge in [-0.05, 0) is 24.3 Å². The fourth-order valence-electron chi connectivity index (χ4n) is 2.10. The Kier molecular flexibility index (Phi) is 2.28. The maximum atomic E-state index is 11.7. The number of cyclic esters (lactones) is 2.